The third-order valence-electron chi connectivity index (χ3n) is 4.44. The highest BCUT2D eigenvalue weighted by atomic mass is 35.5. The van der Waals surface area contributed by atoms with Gasteiger partial charge in [0.05, 0.1) is 0 Å². The number of nitrogens with zero attached hydrogens (tertiary/aromatic N) is 2. The number of nitrogens with one attached hydrogen (secondary N) is 1. The quantitative estimate of drug-likeness (QED) is 0.889. The van der Waals surface area contributed by atoms with Crippen LogP contribution >= 0.6 is 12.4 Å². The maximum Gasteiger partial charge on any atom is 0.230 e. The van der Waals surface area contributed by atoms with Crippen LogP contribution in [0.1, 0.15) is 49.4 Å². The van der Waals surface area contributed by atoms with Crippen molar-refractivity contribution in [2.24, 2.45) is 5.41 Å². The fraction of sp³-hybridized carbons (Fsp3) is 0.833. The van der Waals surface area contributed by atoms with Crippen LogP contribution in [0, 0.1) is 5.41 Å². The lowest BCUT2D eigenvalue weighted by atomic mass is 10.0. The van der Waals surface area contributed by atoms with E-state index in [1.165, 1.54) is 12.8 Å². The van der Waals surface area contributed by atoms with Crippen LogP contribution in [-0.4, -0.2) is 29.8 Å². The van der Waals surface area contributed by atoms with Gasteiger partial charge in [0.1, 0.15) is 6.10 Å². The van der Waals surface area contributed by atoms with Crippen LogP contribution in [0.5, 0.6) is 0 Å². The van der Waals surface area contributed by atoms with Gasteiger partial charge in [-0.2, -0.15) is 4.98 Å². The predicted molar refractivity (Wildman–Crippen MR) is 66.8 cm³/mol. The zero-order chi connectivity index (χ0) is 11.3. The summed E-state index contributed by atoms with van der Waals surface area (Å²) >= 11 is 0. The summed E-state index contributed by atoms with van der Waals surface area (Å²) in [6.07, 6.45) is 4.65. The van der Waals surface area contributed by atoms with Gasteiger partial charge < -0.3 is 14.6 Å². The Hall–Kier alpha value is -0.650. The summed E-state index contributed by atoms with van der Waals surface area (Å²) in [6, 6.07) is 0. The number of hydrogen-bond acceptors (Lipinski definition) is 5. The molecule has 5 nitrogen and oxygen atoms in total. The lowest BCUT2D eigenvalue weighted by molar-refractivity contribution is 0.103. The predicted octanol–water partition coefficient (Wildman–Crippen LogP) is 1.81. The van der Waals surface area contributed by atoms with Gasteiger partial charge in [-0.3, -0.25) is 0 Å². The molecule has 6 heteroatoms. The van der Waals surface area contributed by atoms with E-state index in [1.54, 1.807) is 0 Å². The SMILES string of the molecule is C1COC(c2noc(C3CC34CCNC4)n2)C1.Cl. The van der Waals surface area contributed by atoms with Crippen molar-refractivity contribution in [2.45, 2.75) is 37.7 Å². The van der Waals surface area contributed by atoms with Crippen LogP contribution in [0.3, 0.4) is 0 Å². The van der Waals surface area contributed by atoms with E-state index in [9.17, 15) is 0 Å². The maximum absolute atomic E-state index is 5.57. The molecule has 3 atom stereocenters. The van der Waals surface area contributed by atoms with Crippen molar-refractivity contribution in [2.75, 3.05) is 19.7 Å². The largest absolute Gasteiger partial charge is 0.370 e. The van der Waals surface area contributed by atoms with E-state index in [4.69, 9.17) is 9.26 Å². The second kappa shape index (κ2) is 4.47. The molecule has 2 saturated heterocycles. The summed E-state index contributed by atoms with van der Waals surface area (Å²) in [5.74, 6) is 2.07. The van der Waals surface area contributed by atoms with Crippen molar-refractivity contribution in [1.29, 1.82) is 0 Å². The molecule has 1 saturated carbocycles. The number of ether oxygens (including phenoxy) is 1. The number of halogens is 1. The van der Waals surface area contributed by atoms with E-state index in [2.05, 4.69) is 15.5 Å². The smallest absolute Gasteiger partial charge is 0.230 e. The molecule has 1 aromatic heterocycles. The standard InChI is InChI=1S/C12H17N3O2.ClH/c1-2-9(16-5-1)10-14-11(17-15-10)8-6-12(8)3-4-13-7-12;/h8-9,13H,1-7H2;1H. The van der Waals surface area contributed by atoms with E-state index >= 15 is 0 Å². The van der Waals surface area contributed by atoms with E-state index in [1.807, 2.05) is 0 Å². The topological polar surface area (TPSA) is 60.2 Å². The van der Waals surface area contributed by atoms with E-state index in [0.29, 0.717) is 11.3 Å². The molecule has 0 bridgehead atoms. The lowest BCUT2D eigenvalue weighted by Gasteiger charge is -2.03. The first-order valence-corrected chi connectivity index (χ1v) is 6.53. The Morgan fingerprint density at radius 1 is 1.39 bits per heavy atom. The Morgan fingerprint density at radius 3 is 3.06 bits per heavy atom. The normalized spacial score (nSPS) is 38.0. The summed E-state index contributed by atoms with van der Waals surface area (Å²) in [6.45, 7) is 3.06. The zero-order valence-corrected chi connectivity index (χ0v) is 11.0. The van der Waals surface area contributed by atoms with Gasteiger partial charge in [0.15, 0.2) is 0 Å². The third kappa shape index (κ3) is 1.85. The van der Waals surface area contributed by atoms with Crippen LogP contribution < -0.4 is 5.32 Å². The van der Waals surface area contributed by atoms with E-state index in [-0.39, 0.29) is 18.5 Å². The van der Waals surface area contributed by atoms with Crippen LogP contribution in [0.15, 0.2) is 4.52 Å². The van der Waals surface area contributed by atoms with Gasteiger partial charge in [0, 0.05) is 19.1 Å². The van der Waals surface area contributed by atoms with Gasteiger partial charge in [0.2, 0.25) is 11.7 Å². The molecule has 1 N–H and O–H groups in total. The van der Waals surface area contributed by atoms with Gasteiger partial charge >= 0.3 is 0 Å². The van der Waals surface area contributed by atoms with E-state index < -0.39 is 0 Å². The maximum atomic E-state index is 5.57. The van der Waals surface area contributed by atoms with Crippen LogP contribution in [-0.2, 0) is 4.74 Å². The number of rotatable bonds is 2. The second-order valence-corrected chi connectivity index (χ2v) is 5.54. The summed E-state index contributed by atoms with van der Waals surface area (Å²) in [4.78, 5) is 4.54. The van der Waals surface area contributed by atoms with Crippen molar-refractivity contribution < 1.29 is 9.26 Å². The number of aromatic nitrogens is 2. The molecular formula is C12H18ClN3O2. The van der Waals surface area contributed by atoms with Crippen molar-refractivity contribution >= 4 is 12.4 Å². The highest BCUT2D eigenvalue weighted by Crippen LogP contribution is 2.62. The average molecular weight is 272 g/mol. The second-order valence-electron chi connectivity index (χ2n) is 5.54. The molecule has 3 unspecified atom stereocenters. The molecule has 2 aliphatic heterocycles. The molecule has 3 fully saturated rings. The Bertz CT molecular complexity index is 425. The lowest BCUT2D eigenvalue weighted by Crippen LogP contribution is -2.10. The highest BCUT2D eigenvalue weighted by Gasteiger charge is 2.58. The van der Waals surface area contributed by atoms with Gasteiger partial charge in [-0.25, -0.2) is 0 Å². The molecule has 3 aliphatic rings. The Balaban J connectivity index is 0.000001000. The minimum absolute atomic E-state index is 0. The van der Waals surface area contributed by atoms with Crippen molar-refractivity contribution in [3.63, 3.8) is 0 Å². The Morgan fingerprint density at radius 2 is 2.33 bits per heavy atom. The molecule has 3 heterocycles. The fourth-order valence-electron chi connectivity index (χ4n) is 3.23. The Kier molecular flexibility index (Phi) is 3.08. The van der Waals surface area contributed by atoms with Crippen LogP contribution in [0.25, 0.3) is 0 Å². The van der Waals surface area contributed by atoms with Crippen LogP contribution in [0.2, 0.25) is 0 Å². The van der Waals surface area contributed by atoms with Crippen molar-refractivity contribution in [3.05, 3.63) is 11.7 Å². The third-order valence-corrected chi connectivity index (χ3v) is 4.44. The molecule has 0 radical (unpaired) electrons. The fourth-order valence-corrected chi connectivity index (χ4v) is 3.23. The average Bonchev–Trinajstić information content (AvgIpc) is 2.85. The van der Waals surface area contributed by atoms with Crippen molar-refractivity contribution in [1.82, 2.24) is 15.5 Å². The minimum atomic E-state index is 0. The summed E-state index contributed by atoms with van der Waals surface area (Å²) in [7, 11) is 0. The molecule has 0 amide bonds. The highest BCUT2D eigenvalue weighted by molar-refractivity contribution is 5.85. The van der Waals surface area contributed by atoms with Gasteiger partial charge in [-0.05, 0) is 37.6 Å². The first kappa shape index (κ1) is 12.4. The molecular weight excluding hydrogens is 254 g/mol. The first-order chi connectivity index (χ1) is 8.37. The summed E-state index contributed by atoms with van der Waals surface area (Å²) in [5, 5.41) is 7.50. The molecule has 4 rings (SSSR count). The van der Waals surface area contributed by atoms with Gasteiger partial charge in [0.25, 0.3) is 0 Å². The van der Waals surface area contributed by atoms with E-state index in [0.717, 1.165) is 44.3 Å². The molecule has 0 aromatic carbocycles. The Labute approximate surface area is 112 Å². The zero-order valence-electron chi connectivity index (χ0n) is 10.2. The van der Waals surface area contributed by atoms with Crippen molar-refractivity contribution in [3.8, 4) is 0 Å². The van der Waals surface area contributed by atoms with Crippen LogP contribution in [0.4, 0.5) is 0 Å². The molecule has 100 valence electrons. The summed E-state index contributed by atoms with van der Waals surface area (Å²) < 4.78 is 11.0. The molecule has 18 heavy (non-hydrogen) atoms. The number of hydrogen-bond donors (Lipinski definition) is 1. The first-order valence-electron chi connectivity index (χ1n) is 6.53. The van der Waals surface area contributed by atoms with Gasteiger partial charge in [-0.1, -0.05) is 5.16 Å². The molecule has 1 spiro atoms. The molecule has 1 aliphatic carbocycles. The molecule has 1 aromatic rings. The monoisotopic (exact) mass is 271 g/mol. The van der Waals surface area contributed by atoms with Gasteiger partial charge in [-0.15, -0.1) is 12.4 Å². The minimum Gasteiger partial charge on any atom is -0.370 e. The summed E-state index contributed by atoms with van der Waals surface area (Å²) in [5.41, 5.74) is 0.431.